The van der Waals surface area contributed by atoms with Gasteiger partial charge in [-0.3, -0.25) is 19.3 Å². The van der Waals surface area contributed by atoms with Gasteiger partial charge in [0.1, 0.15) is 12.1 Å². The standard InChI is InChI=1S/C24H25N5O4/c1-4-28(5-2)21(31)17-8-12-19(13-9-17)26-20(30)15-29-22(32)24(3,27-23(29)33)18-10-6-16(14-25)7-11-18/h6-13H,4-5,15H2,1-3H3,(H,26,30)(H,27,33)/t24-/m0/s1. The molecule has 2 N–H and O–H groups in total. The molecule has 1 heterocycles. The molecule has 9 heteroatoms. The molecule has 2 aromatic rings. The summed E-state index contributed by atoms with van der Waals surface area (Å²) >= 11 is 0. The largest absolute Gasteiger partial charge is 0.339 e. The van der Waals surface area contributed by atoms with E-state index in [9.17, 15) is 19.2 Å². The fraction of sp³-hybridized carbons (Fsp3) is 0.292. The minimum atomic E-state index is -1.34. The molecule has 0 aliphatic carbocycles. The number of imide groups is 1. The summed E-state index contributed by atoms with van der Waals surface area (Å²) in [7, 11) is 0. The Morgan fingerprint density at radius 1 is 1.06 bits per heavy atom. The van der Waals surface area contributed by atoms with Crippen LogP contribution in [0.2, 0.25) is 0 Å². The highest BCUT2D eigenvalue weighted by Gasteiger charge is 2.49. The van der Waals surface area contributed by atoms with Crippen molar-refractivity contribution in [3.05, 3.63) is 65.2 Å². The molecule has 170 valence electrons. The first kappa shape index (κ1) is 23.5. The summed E-state index contributed by atoms with van der Waals surface area (Å²) in [6.07, 6.45) is 0. The number of hydrogen-bond donors (Lipinski definition) is 2. The lowest BCUT2D eigenvalue weighted by molar-refractivity contribution is -0.133. The SMILES string of the molecule is CCN(CC)C(=O)c1ccc(NC(=O)CN2C(=O)N[C@@](C)(c3ccc(C#N)cc3)C2=O)cc1. The van der Waals surface area contributed by atoms with Crippen LogP contribution in [-0.4, -0.2) is 53.2 Å². The Hall–Kier alpha value is -4.19. The minimum absolute atomic E-state index is 0.0979. The number of benzene rings is 2. The predicted molar refractivity (Wildman–Crippen MR) is 121 cm³/mol. The van der Waals surface area contributed by atoms with E-state index in [-0.39, 0.29) is 5.91 Å². The monoisotopic (exact) mass is 447 g/mol. The molecular formula is C24H25N5O4. The second-order valence-electron chi connectivity index (χ2n) is 7.74. The second-order valence-corrected chi connectivity index (χ2v) is 7.74. The molecular weight excluding hydrogens is 422 g/mol. The first-order valence-electron chi connectivity index (χ1n) is 10.6. The van der Waals surface area contributed by atoms with Crippen molar-refractivity contribution in [2.24, 2.45) is 0 Å². The Morgan fingerprint density at radius 3 is 2.21 bits per heavy atom. The summed E-state index contributed by atoms with van der Waals surface area (Å²) < 4.78 is 0. The zero-order chi connectivity index (χ0) is 24.2. The topological polar surface area (TPSA) is 123 Å². The third kappa shape index (κ3) is 4.70. The van der Waals surface area contributed by atoms with Crippen molar-refractivity contribution in [3.8, 4) is 6.07 Å². The van der Waals surface area contributed by atoms with Crippen LogP contribution < -0.4 is 10.6 Å². The number of nitrogens with one attached hydrogen (secondary N) is 2. The van der Waals surface area contributed by atoms with Crippen LogP contribution in [0.3, 0.4) is 0 Å². The van der Waals surface area contributed by atoms with Gasteiger partial charge in [0.15, 0.2) is 0 Å². The van der Waals surface area contributed by atoms with Crippen molar-refractivity contribution in [3.63, 3.8) is 0 Å². The summed E-state index contributed by atoms with van der Waals surface area (Å²) in [6, 6.07) is 14.1. The maximum absolute atomic E-state index is 13.0. The van der Waals surface area contributed by atoms with E-state index < -0.39 is 29.9 Å². The van der Waals surface area contributed by atoms with Gasteiger partial charge in [0.2, 0.25) is 5.91 Å². The van der Waals surface area contributed by atoms with E-state index in [2.05, 4.69) is 10.6 Å². The Kier molecular flexibility index (Phi) is 6.78. The van der Waals surface area contributed by atoms with Crippen LogP contribution in [0, 0.1) is 11.3 Å². The van der Waals surface area contributed by atoms with Crippen molar-refractivity contribution in [1.82, 2.24) is 15.1 Å². The van der Waals surface area contributed by atoms with Crippen molar-refractivity contribution in [2.45, 2.75) is 26.3 Å². The van der Waals surface area contributed by atoms with Crippen molar-refractivity contribution in [1.29, 1.82) is 5.26 Å². The molecule has 0 spiro atoms. The molecule has 0 radical (unpaired) electrons. The zero-order valence-corrected chi connectivity index (χ0v) is 18.7. The molecule has 0 bridgehead atoms. The number of amides is 5. The Bertz CT molecular complexity index is 1120. The summed E-state index contributed by atoms with van der Waals surface area (Å²) in [4.78, 5) is 52.9. The number of nitriles is 1. The summed E-state index contributed by atoms with van der Waals surface area (Å²) in [6.45, 7) is 6.09. The molecule has 5 amide bonds. The van der Waals surface area contributed by atoms with Crippen molar-refractivity contribution < 1.29 is 19.2 Å². The maximum Gasteiger partial charge on any atom is 0.325 e. The molecule has 9 nitrogen and oxygen atoms in total. The van der Waals surface area contributed by atoms with Crippen LogP contribution in [0.5, 0.6) is 0 Å². The molecule has 1 atom stereocenters. The average molecular weight is 447 g/mol. The molecule has 1 fully saturated rings. The minimum Gasteiger partial charge on any atom is -0.339 e. The van der Waals surface area contributed by atoms with Gasteiger partial charge in [-0.15, -0.1) is 0 Å². The normalized spacial score (nSPS) is 17.3. The highest BCUT2D eigenvalue weighted by atomic mass is 16.2. The molecule has 1 aliphatic rings. The molecule has 3 rings (SSSR count). The van der Waals surface area contributed by atoms with Gasteiger partial charge in [-0.1, -0.05) is 12.1 Å². The highest BCUT2D eigenvalue weighted by molar-refractivity contribution is 6.10. The van der Waals surface area contributed by atoms with E-state index in [1.165, 1.54) is 0 Å². The highest BCUT2D eigenvalue weighted by Crippen LogP contribution is 2.29. The first-order chi connectivity index (χ1) is 15.7. The maximum atomic E-state index is 13.0. The van der Waals surface area contributed by atoms with Crippen LogP contribution in [-0.2, 0) is 15.1 Å². The van der Waals surface area contributed by atoms with E-state index >= 15 is 0 Å². The number of urea groups is 1. The molecule has 0 saturated carbocycles. The van der Waals surface area contributed by atoms with Gasteiger partial charge in [-0.25, -0.2) is 4.79 Å². The molecule has 1 aliphatic heterocycles. The fourth-order valence-corrected chi connectivity index (χ4v) is 3.65. The van der Waals surface area contributed by atoms with Gasteiger partial charge in [-0.05, 0) is 62.7 Å². The van der Waals surface area contributed by atoms with Gasteiger partial charge in [0.25, 0.3) is 11.8 Å². The van der Waals surface area contributed by atoms with Crippen molar-refractivity contribution in [2.75, 3.05) is 25.0 Å². The Morgan fingerprint density at radius 2 is 1.67 bits per heavy atom. The second kappa shape index (κ2) is 9.53. The number of rotatable bonds is 7. The van der Waals surface area contributed by atoms with Gasteiger partial charge < -0.3 is 15.5 Å². The van der Waals surface area contributed by atoms with E-state index in [0.717, 1.165) is 4.90 Å². The van der Waals surface area contributed by atoms with Crippen LogP contribution in [0.25, 0.3) is 0 Å². The summed E-state index contributed by atoms with van der Waals surface area (Å²) in [5.74, 6) is -1.21. The number of carbonyl (C=O) groups excluding carboxylic acids is 4. The van der Waals surface area contributed by atoms with E-state index in [1.54, 1.807) is 60.4 Å². The van der Waals surface area contributed by atoms with E-state index in [0.29, 0.717) is 35.5 Å². The van der Waals surface area contributed by atoms with Gasteiger partial charge in [-0.2, -0.15) is 5.26 Å². The van der Waals surface area contributed by atoms with Crippen LogP contribution in [0.1, 0.15) is 42.3 Å². The summed E-state index contributed by atoms with van der Waals surface area (Å²) in [5, 5.41) is 14.2. The molecule has 0 unspecified atom stereocenters. The van der Waals surface area contributed by atoms with Gasteiger partial charge >= 0.3 is 6.03 Å². The molecule has 1 saturated heterocycles. The van der Waals surface area contributed by atoms with Crippen LogP contribution in [0.15, 0.2) is 48.5 Å². The predicted octanol–water partition coefficient (Wildman–Crippen LogP) is 2.45. The number of anilines is 1. The first-order valence-corrected chi connectivity index (χ1v) is 10.6. The lowest BCUT2D eigenvalue weighted by Crippen LogP contribution is -2.42. The lowest BCUT2D eigenvalue weighted by atomic mass is 9.91. The lowest BCUT2D eigenvalue weighted by Gasteiger charge is -2.22. The smallest absolute Gasteiger partial charge is 0.325 e. The average Bonchev–Trinajstić information content (AvgIpc) is 3.04. The van der Waals surface area contributed by atoms with Crippen LogP contribution in [0.4, 0.5) is 10.5 Å². The number of carbonyl (C=O) groups is 4. The third-order valence-corrected chi connectivity index (χ3v) is 5.63. The van der Waals surface area contributed by atoms with E-state index in [4.69, 9.17) is 5.26 Å². The van der Waals surface area contributed by atoms with Gasteiger partial charge in [0, 0.05) is 24.3 Å². The van der Waals surface area contributed by atoms with E-state index in [1.807, 2.05) is 19.9 Å². The summed E-state index contributed by atoms with van der Waals surface area (Å²) in [5.41, 5.74) is 0.552. The van der Waals surface area contributed by atoms with Crippen LogP contribution >= 0.6 is 0 Å². The Balaban J connectivity index is 1.66. The molecule has 0 aromatic heterocycles. The molecule has 2 aromatic carbocycles. The fourth-order valence-electron chi connectivity index (χ4n) is 3.65. The number of nitrogens with zero attached hydrogens (tertiary/aromatic N) is 3. The van der Waals surface area contributed by atoms with Gasteiger partial charge in [0.05, 0.1) is 11.6 Å². The quantitative estimate of drug-likeness (QED) is 0.631. The van der Waals surface area contributed by atoms with Crippen molar-refractivity contribution >= 4 is 29.4 Å². The third-order valence-electron chi connectivity index (χ3n) is 5.63. The number of hydrogen-bond acceptors (Lipinski definition) is 5. The zero-order valence-electron chi connectivity index (χ0n) is 18.7. The molecule has 33 heavy (non-hydrogen) atoms. The Labute approximate surface area is 192 Å².